The van der Waals surface area contributed by atoms with Crippen LogP contribution in [0.25, 0.3) is 11.0 Å². The first-order valence-electron chi connectivity index (χ1n) is 8.65. The maximum atomic E-state index is 6.09. The molecule has 0 aliphatic rings. The predicted octanol–water partition coefficient (Wildman–Crippen LogP) is 5.78. The van der Waals surface area contributed by atoms with E-state index in [0.717, 1.165) is 45.1 Å². The van der Waals surface area contributed by atoms with E-state index in [4.69, 9.17) is 28.2 Å². The van der Waals surface area contributed by atoms with Crippen molar-refractivity contribution in [2.45, 2.75) is 19.9 Å². The first-order valence-corrected chi connectivity index (χ1v) is 9.40. The van der Waals surface area contributed by atoms with Gasteiger partial charge in [-0.1, -0.05) is 41.4 Å². The quantitative estimate of drug-likeness (QED) is 0.449. The van der Waals surface area contributed by atoms with Crippen molar-refractivity contribution in [1.82, 2.24) is 15.0 Å². The Labute approximate surface area is 167 Å². The molecule has 0 fully saturated rings. The fourth-order valence-corrected chi connectivity index (χ4v) is 3.34. The second-order valence-electron chi connectivity index (χ2n) is 6.46. The SMILES string of the molecule is Cc1nc(NCc2ccc(Cl)cc2)ccc1Cc1c[nH]c2ncc(Cl)cc12. The molecule has 0 bridgehead atoms. The summed E-state index contributed by atoms with van der Waals surface area (Å²) in [6.07, 6.45) is 4.41. The van der Waals surface area contributed by atoms with Gasteiger partial charge in [-0.3, -0.25) is 0 Å². The molecule has 6 heteroatoms. The number of anilines is 1. The van der Waals surface area contributed by atoms with Crippen molar-refractivity contribution < 1.29 is 0 Å². The topological polar surface area (TPSA) is 53.6 Å². The molecule has 4 rings (SSSR count). The Morgan fingerprint density at radius 3 is 2.59 bits per heavy atom. The van der Waals surface area contributed by atoms with E-state index in [1.54, 1.807) is 6.20 Å². The lowest BCUT2D eigenvalue weighted by molar-refractivity contribution is 1.05. The van der Waals surface area contributed by atoms with Crippen LogP contribution in [0.4, 0.5) is 5.82 Å². The molecule has 0 saturated carbocycles. The van der Waals surface area contributed by atoms with E-state index in [-0.39, 0.29) is 0 Å². The molecule has 3 aromatic heterocycles. The smallest absolute Gasteiger partial charge is 0.137 e. The number of aryl methyl sites for hydroxylation is 1. The summed E-state index contributed by atoms with van der Waals surface area (Å²) in [6.45, 7) is 2.73. The number of nitrogens with zero attached hydrogens (tertiary/aromatic N) is 2. The largest absolute Gasteiger partial charge is 0.366 e. The summed E-state index contributed by atoms with van der Waals surface area (Å²) >= 11 is 12.0. The first kappa shape index (κ1) is 17.8. The van der Waals surface area contributed by atoms with Crippen LogP contribution in [0.5, 0.6) is 0 Å². The Balaban J connectivity index is 1.49. The van der Waals surface area contributed by atoms with Crippen LogP contribution in [0.15, 0.2) is 54.9 Å². The average Bonchev–Trinajstić information content (AvgIpc) is 3.05. The maximum absolute atomic E-state index is 6.09. The molecule has 136 valence electrons. The van der Waals surface area contributed by atoms with Crippen LogP contribution < -0.4 is 5.32 Å². The monoisotopic (exact) mass is 396 g/mol. The molecule has 0 saturated heterocycles. The fourth-order valence-electron chi connectivity index (χ4n) is 3.05. The number of benzene rings is 1. The molecule has 0 radical (unpaired) electrons. The summed E-state index contributed by atoms with van der Waals surface area (Å²) < 4.78 is 0. The van der Waals surface area contributed by atoms with Gasteiger partial charge >= 0.3 is 0 Å². The van der Waals surface area contributed by atoms with Crippen LogP contribution in [0.2, 0.25) is 10.0 Å². The Morgan fingerprint density at radius 1 is 1.00 bits per heavy atom. The van der Waals surface area contributed by atoms with Crippen molar-refractivity contribution in [3.05, 3.63) is 87.3 Å². The molecule has 0 amide bonds. The van der Waals surface area contributed by atoms with E-state index in [9.17, 15) is 0 Å². The van der Waals surface area contributed by atoms with Crippen LogP contribution in [0, 0.1) is 6.92 Å². The zero-order valence-electron chi connectivity index (χ0n) is 14.8. The molecule has 0 atom stereocenters. The molecular weight excluding hydrogens is 379 g/mol. The van der Waals surface area contributed by atoms with Gasteiger partial charge in [-0.2, -0.15) is 0 Å². The van der Waals surface area contributed by atoms with Gasteiger partial charge in [-0.15, -0.1) is 0 Å². The van der Waals surface area contributed by atoms with Crippen LogP contribution in [-0.4, -0.2) is 15.0 Å². The Kier molecular flexibility index (Phi) is 5.01. The van der Waals surface area contributed by atoms with Crippen molar-refractivity contribution in [2.75, 3.05) is 5.32 Å². The van der Waals surface area contributed by atoms with Crippen molar-refractivity contribution in [2.24, 2.45) is 0 Å². The highest BCUT2D eigenvalue weighted by molar-refractivity contribution is 6.31. The molecule has 0 spiro atoms. The van der Waals surface area contributed by atoms with Crippen LogP contribution in [0.1, 0.15) is 22.4 Å². The molecule has 0 aliphatic carbocycles. The summed E-state index contributed by atoms with van der Waals surface area (Å²) in [4.78, 5) is 12.2. The van der Waals surface area contributed by atoms with E-state index in [0.29, 0.717) is 11.6 Å². The molecule has 1 aromatic carbocycles. The van der Waals surface area contributed by atoms with E-state index in [1.807, 2.05) is 49.5 Å². The number of aromatic nitrogens is 3. The van der Waals surface area contributed by atoms with Gasteiger partial charge in [-0.05, 0) is 47.9 Å². The summed E-state index contributed by atoms with van der Waals surface area (Å²) in [5.74, 6) is 0.856. The van der Waals surface area contributed by atoms with Crippen LogP contribution >= 0.6 is 23.2 Å². The molecule has 0 unspecified atom stereocenters. The lowest BCUT2D eigenvalue weighted by Crippen LogP contribution is -2.03. The van der Waals surface area contributed by atoms with Crippen LogP contribution in [-0.2, 0) is 13.0 Å². The number of pyridine rings is 2. The molecular formula is C21H18Cl2N4. The summed E-state index contributed by atoms with van der Waals surface area (Å²) in [7, 11) is 0. The Hall–Kier alpha value is -2.56. The van der Waals surface area contributed by atoms with Gasteiger partial charge in [0.15, 0.2) is 0 Å². The number of halogens is 2. The normalized spacial score (nSPS) is 11.1. The van der Waals surface area contributed by atoms with E-state index in [2.05, 4.69) is 21.4 Å². The number of hydrogen-bond donors (Lipinski definition) is 2. The lowest BCUT2D eigenvalue weighted by atomic mass is 10.0. The third-order valence-corrected chi connectivity index (χ3v) is 5.01. The minimum absolute atomic E-state index is 0.639. The molecule has 4 aromatic rings. The average molecular weight is 397 g/mol. The third kappa shape index (κ3) is 4.07. The molecule has 27 heavy (non-hydrogen) atoms. The van der Waals surface area contributed by atoms with Crippen molar-refractivity contribution in [3.63, 3.8) is 0 Å². The van der Waals surface area contributed by atoms with Gasteiger partial charge in [0.2, 0.25) is 0 Å². The zero-order chi connectivity index (χ0) is 18.8. The number of fused-ring (bicyclic) bond motifs is 1. The summed E-state index contributed by atoms with van der Waals surface area (Å²) in [5, 5.41) is 5.78. The van der Waals surface area contributed by atoms with Gasteiger partial charge < -0.3 is 10.3 Å². The van der Waals surface area contributed by atoms with Crippen molar-refractivity contribution in [1.29, 1.82) is 0 Å². The van der Waals surface area contributed by atoms with E-state index >= 15 is 0 Å². The van der Waals surface area contributed by atoms with Gasteiger partial charge in [0.05, 0.1) is 5.02 Å². The van der Waals surface area contributed by atoms with Crippen molar-refractivity contribution >= 4 is 40.1 Å². The maximum Gasteiger partial charge on any atom is 0.137 e. The standard InChI is InChI=1S/C21H18Cl2N4/c1-13-15(8-16-11-25-21-19(16)9-18(23)12-26-21)4-7-20(27-13)24-10-14-2-5-17(22)6-3-14/h2-7,9,11-12H,8,10H2,1H3,(H,24,27)(H,25,26). The summed E-state index contributed by atoms with van der Waals surface area (Å²) in [5.41, 5.74) is 5.34. The fraction of sp³-hybridized carbons (Fsp3) is 0.143. The van der Waals surface area contributed by atoms with Gasteiger partial charge in [0.25, 0.3) is 0 Å². The molecule has 0 aliphatic heterocycles. The van der Waals surface area contributed by atoms with E-state index in [1.165, 1.54) is 5.56 Å². The second-order valence-corrected chi connectivity index (χ2v) is 7.33. The highest BCUT2D eigenvalue weighted by atomic mass is 35.5. The number of hydrogen-bond acceptors (Lipinski definition) is 3. The minimum Gasteiger partial charge on any atom is -0.366 e. The highest BCUT2D eigenvalue weighted by Crippen LogP contribution is 2.24. The van der Waals surface area contributed by atoms with Crippen LogP contribution in [0.3, 0.4) is 0 Å². The second kappa shape index (κ2) is 7.59. The number of H-pyrrole nitrogens is 1. The Morgan fingerprint density at radius 2 is 1.81 bits per heavy atom. The summed E-state index contributed by atoms with van der Waals surface area (Å²) in [6, 6.07) is 13.9. The minimum atomic E-state index is 0.639. The highest BCUT2D eigenvalue weighted by Gasteiger charge is 2.09. The first-order chi connectivity index (χ1) is 13.1. The number of aromatic amines is 1. The number of rotatable bonds is 5. The molecule has 4 nitrogen and oxygen atoms in total. The molecule has 2 N–H and O–H groups in total. The Bertz CT molecular complexity index is 1090. The zero-order valence-corrected chi connectivity index (χ0v) is 16.3. The van der Waals surface area contributed by atoms with Gasteiger partial charge in [0.1, 0.15) is 11.5 Å². The van der Waals surface area contributed by atoms with Crippen molar-refractivity contribution in [3.8, 4) is 0 Å². The van der Waals surface area contributed by atoms with Gasteiger partial charge in [0, 0.05) is 41.5 Å². The third-order valence-electron chi connectivity index (χ3n) is 4.55. The van der Waals surface area contributed by atoms with Gasteiger partial charge in [-0.25, -0.2) is 9.97 Å². The van der Waals surface area contributed by atoms with E-state index < -0.39 is 0 Å². The molecule has 3 heterocycles. The lowest BCUT2D eigenvalue weighted by Gasteiger charge is -2.10. The number of nitrogens with one attached hydrogen (secondary N) is 2. The predicted molar refractivity (Wildman–Crippen MR) is 112 cm³/mol.